The second kappa shape index (κ2) is 7.99. The molecule has 0 unspecified atom stereocenters. The summed E-state index contributed by atoms with van der Waals surface area (Å²) >= 11 is 0. The van der Waals surface area contributed by atoms with Crippen molar-refractivity contribution in [3.05, 3.63) is 58.7 Å². The summed E-state index contributed by atoms with van der Waals surface area (Å²) in [6, 6.07) is 10.8. The number of esters is 1. The van der Waals surface area contributed by atoms with Crippen LogP contribution in [0, 0.1) is 11.3 Å². The van der Waals surface area contributed by atoms with Crippen LogP contribution < -0.4 is 9.47 Å². The Labute approximate surface area is 173 Å². The Balaban J connectivity index is 1.58. The van der Waals surface area contributed by atoms with Gasteiger partial charge >= 0.3 is 5.97 Å². The molecule has 1 fully saturated rings. The number of methoxy groups -OCH3 is 1. The molecule has 2 aromatic carbocycles. The highest BCUT2D eigenvalue weighted by Gasteiger charge is 2.40. The topological polar surface area (TPSA) is 96.7 Å². The van der Waals surface area contributed by atoms with Crippen LogP contribution in [-0.2, 0) is 0 Å². The fourth-order valence-corrected chi connectivity index (χ4v) is 4.04. The summed E-state index contributed by atoms with van der Waals surface area (Å²) in [4.78, 5) is 39.7. The van der Waals surface area contributed by atoms with Crippen LogP contribution >= 0.6 is 0 Å². The van der Waals surface area contributed by atoms with Crippen molar-refractivity contribution in [1.82, 2.24) is 4.90 Å². The molecule has 152 valence electrons. The van der Waals surface area contributed by atoms with E-state index < -0.39 is 5.97 Å². The van der Waals surface area contributed by atoms with Crippen LogP contribution in [0.1, 0.15) is 68.7 Å². The van der Waals surface area contributed by atoms with E-state index in [1.165, 1.54) is 48.4 Å². The highest BCUT2D eigenvalue weighted by Crippen LogP contribution is 2.32. The second-order valence-electron chi connectivity index (χ2n) is 7.40. The largest absolute Gasteiger partial charge is 0.493 e. The molecule has 2 amide bonds. The maximum absolute atomic E-state index is 12.9. The van der Waals surface area contributed by atoms with Crippen molar-refractivity contribution in [2.75, 3.05) is 7.11 Å². The minimum absolute atomic E-state index is 0.0792. The SMILES string of the molecule is COc1cc(C#N)ccc1OC(=O)c1ccc2c(c1)C(=O)N(C1CCCCC1)C2=O. The average molecular weight is 404 g/mol. The van der Waals surface area contributed by atoms with Crippen LogP contribution in [0.4, 0.5) is 0 Å². The molecule has 7 heteroatoms. The van der Waals surface area contributed by atoms with E-state index in [-0.39, 0.29) is 40.5 Å². The molecule has 0 aromatic heterocycles. The molecule has 0 radical (unpaired) electrons. The highest BCUT2D eigenvalue weighted by atomic mass is 16.6. The first-order valence-electron chi connectivity index (χ1n) is 9.85. The monoisotopic (exact) mass is 404 g/mol. The molecule has 0 saturated heterocycles. The van der Waals surface area contributed by atoms with Gasteiger partial charge < -0.3 is 9.47 Å². The molecule has 4 rings (SSSR count). The van der Waals surface area contributed by atoms with E-state index in [1.807, 2.05) is 6.07 Å². The van der Waals surface area contributed by atoms with Crippen molar-refractivity contribution in [3.8, 4) is 17.6 Å². The number of carbonyl (C=O) groups excluding carboxylic acids is 3. The molecule has 7 nitrogen and oxygen atoms in total. The van der Waals surface area contributed by atoms with Gasteiger partial charge in [-0.2, -0.15) is 5.26 Å². The van der Waals surface area contributed by atoms with Gasteiger partial charge in [-0.15, -0.1) is 0 Å². The molecular weight excluding hydrogens is 384 g/mol. The van der Waals surface area contributed by atoms with Gasteiger partial charge in [-0.25, -0.2) is 4.79 Å². The number of nitrogens with zero attached hydrogens (tertiary/aromatic N) is 2. The normalized spacial score (nSPS) is 16.2. The van der Waals surface area contributed by atoms with E-state index in [0.717, 1.165) is 32.1 Å². The van der Waals surface area contributed by atoms with Crippen molar-refractivity contribution >= 4 is 17.8 Å². The molecule has 1 aliphatic carbocycles. The quantitative estimate of drug-likeness (QED) is 0.438. The van der Waals surface area contributed by atoms with E-state index in [0.29, 0.717) is 11.1 Å². The Morgan fingerprint density at radius 2 is 1.73 bits per heavy atom. The lowest BCUT2D eigenvalue weighted by Crippen LogP contribution is -2.40. The van der Waals surface area contributed by atoms with Gasteiger partial charge in [0.1, 0.15) is 0 Å². The first kappa shape index (κ1) is 19.6. The van der Waals surface area contributed by atoms with Crippen molar-refractivity contribution in [2.24, 2.45) is 0 Å². The third-order valence-corrected chi connectivity index (χ3v) is 5.59. The maximum atomic E-state index is 12.9. The molecule has 0 N–H and O–H groups in total. The van der Waals surface area contributed by atoms with Crippen LogP contribution in [-0.4, -0.2) is 35.8 Å². The summed E-state index contributed by atoms with van der Waals surface area (Å²) < 4.78 is 10.6. The van der Waals surface area contributed by atoms with Crippen molar-refractivity contribution in [1.29, 1.82) is 5.26 Å². The Hall–Kier alpha value is -3.66. The summed E-state index contributed by atoms with van der Waals surface area (Å²) in [6.07, 6.45) is 4.76. The summed E-state index contributed by atoms with van der Waals surface area (Å²) in [5.41, 5.74) is 1.08. The number of nitriles is 1. The molecule has 0 spiro atoms. The van der Waals surface area contributed by atoms with Crippen LogP contribution in [0.5, 0.6) is 11.5 Å². The Morgan fingerprint density at radius 3 is 2.43 bits per heavy atom. The lowest BCUT2D eigenvalue weighted by molar-refractivity contribution is 0.0548. The number of hydrogen-bond donors (Lipinski definition) is 0. The summed E-state index contributed by atoms with van der Waals surface area (Å²) in [5, 5.41) is 8.98. The number of amides is 2. The first-order chi connectivity index (χ1) is 14.5. The van der Waals surface area contributed by atoms with Gasteiger partial charge in [0.05, 0.1) is 35.4 Å². The number of fused-ring (bicyclic) bond motifs is 1. The van der Waals surface area contributed by atoms with E-state index in [4.69, 9.17) is 14.7 Å². The number of hydrogen-bond acceptors (Lipinski definition) is 6. The van der Waals surface area contributed by atoms with E-state index in [2.05, 4.69) is 0 Å². The predicted molar refractivity (Wildman–Crippen MR) is 106 cm³/mol. The molecule has 1 saturated carbocycles. The molecular formula is C23H20N2O5. The van der Waals surface area contributed by atoms with E-state index in [9.17, 15) is 14.4 Å². The summed E-state index contributed by atoms with van der Waals surface area (Å²) in [6.45, 7) is 0. The van der Waals surface area contributed by atoms with Gasteiger partial charge in [-0.3, -0.25) is 14.5 Å². The number of ether oxygens (including phenoxy) is 2. The lowest BCUT2D eigenvalue weighted by Gasteiger charge is -2.29. The van der Waals surface area contributed by atoms with Crippen LogP contribution in [0.3, 0.4) is 0 Å². The fourth-order valence-electron chi connectivity index (χ4n) is 4.04. The Kier molecular flexibility index (Phi) is 5.23. The first-order valence-corrected chi connectivity index (χ1v) is 9.85. The average Bonchev–Trinajstić information content (AvgIpc) is 3.04. The molecule has 1 aliphatic heterocycles. The predicted octanol–water partition coefficient (Wildman–Crippen LogP) is 3.71. The third kappa shape index (κ3) is 3.41. The molecule has 0 bridgehead atoms. The van der Waals surface area contributed by atoms with Crippen LogP contribution in [0.15, 0.2) is 36.4 Å². The van der Waals surface area contributed by atoms with Crippen LogP contribution in [0.25, 0.3) is 0 Å². The van der Waals surface area contributed by atoms with Gasteiger partial charge in [0.15, 0.2) is 11.5 Å². The summed E-state index contributed by atoms with van der Waals surface area (Å²) in [5.74, 6) is -0.924. The second-order valence-corrected chi connectivity index (χ2v) is 7.40. The molecule has 30 heavy (non-hydrogen) atoms. The molecule has 2 aromatic rings. The zero-order valence-corrected chi connectivity index (χ0v) is 16.5. The minimum atomic E-state index is -0.683. The van der Waals surface area contributed by atoms with Crippen molar-refractivity contribution < 1.29 is 23.9 Å². The Morgan fingerprint density at radius 1 is 1.00 bits per heavy atom. The van der Waals surface area contributed by atoms with Gasteiger partial charge in [-0.05, 0) is 43.2 Å². The smallest absolute Gasteiger partial charge is 0.343 e. The fraction of sp³-hybridized carbons (Fsp3) is 0.304. The zero-order valence-electron chi connectivity index (χ0n) is 16.5. The number of carbonyl (C=O) groups is 3. The van der Waals surface area contributed by atoms with Crippen molar-refractivity contribution in [2.45, 2.75) is 38.1 Å². The highest BCUT2D eigenvalue weighted by molar-refractivity contribution is 6.22. The standard InChI is InChI=1S/C23H20N2O5/c1-29-20-11-14(13-24)7-10-19(20)30-23(28)15-8-9-17-18(12-15)22(27)25(21(17)26)16-5-3-2-4-6-16/h7-12,16H,2-6H2,1H3. The van der Waals surface area contributed by atoms with Gasteiger partial charge in [-0.1, -0.05) is 19.3 Å². The number of imide groups is 1. The van der Waals surface area contributed by atoms with Gasteiger partial charge in [0.2, 0.25) is 0 Å². The van der Waals surface area contributed by atoms with Crippen LogP contribution in [0.2, 0.25) is 0 Å². The molecule has 1 heterocycles. The maximum Gasteiger partial charge on any atom is 0.343 e. The van der Waals surface area contributed by atoms with Gasteiger partial charge in [0, 0.05) is 12.1 Å². The van der Waals surface area contributed by atoms with E-state index >= 15 is 0 Å². The number of benzene rings is 2. The Bertz CT molecular complexity index is 1080. The summed E-state index contributed by atoms with van der Waals surface area (Å²) in [7, 11) is 1.41. The lowest BCUT2D eigenvalue weighted by atomic mass is 9.94. The molecule has 0 atom stereocenters. The van der Waals surface area contributed by atoms with E-state index in [1.54, 1.807) is 0 Å². The van der Waals surface area contributed by atoms with Gasteiger partial charge in [0.25, 0.3) is 11.8 Å². The van der Waals surface area contributed by atoms with Crippen molar-refractivity contribution in [3.63, 3.8) is 0 Å². The third-order valence-electron chi connectivity index (χ3n) is 5.59. The zero-order chi connectivity index (χ0) is 21.3. The minimum Gasteiger partial charge on any atom is -0.493 e. The number of rotatable bonds is 4. The molecule has 2 aliphatic rings.